The summed E-state index contributed by atoms with van der Waals surface area (Å²) in [6, 6.07) is 9.78. The summed E-state index contributed by atoms with van der Waals surface area (Å²) in [6.45, 7) is 2.10. The molecule has 2 N–H and O–H groups in total. The molecule has 6 heteroatoms. The number of nitrogen functional groups attached to an aromatic ring is 1. The number of halogens is 1. The second-order valence-corrected chi connectivity index (χ2v) is 6.16. The summed E-state index contributed by atoms with van der Waals surface area (Å²) in [5.41, 5.74) is 8.05. The van der Waals surface area contributed by atoms with Gasteiger partial charge in [0.15, 0.2) is 5.16 Å². The third kappa shape index (κ3) is 4.12. The van der Waals surface area contributed by atoms with Crippen LogP contribution < -0.4 is 5.73 Å². The molecule has 4 nitrogen and oxygen atoms in total. The zero-order chi connectivity index (χ0) is 15.9. The molecule has 0 aliphatic rings. The zero-order valence-electron chi connectivity index (χ0n) is 12.3. The molecule has 0 amide bonds. The number of unbranched alkanes of at least 4 members (excludes halogenated alkanes) is 1. The number of aryl methyl sites for hydroxylation is 1. The van der Waals surface area contributed by atoms with Crippen molar-refractivity contribution in [2.75, 3.05) is 5.73 Å². The van der Waals surface area contributed by atoms with Crippen LogP contribution in [0.15, 0.2) is 29.4 Å². The lowest BCUT2D eigenvalue weighted by molar-refractivity contribution is 0.755. The molecular formula is C16H17ClN4S. The Balaban J connectivity index is 2.19. The van der Waals surface area contributed by atoms with Crippen LogP contribution in [0.5, 0.6) is 0 Å². The molecule has 0 spiro atoms. The van der Waals surface area contributed by atoms with Gasteiger partial charge < -0.3 is 5.73 Å². The van der Waals surface area contributed by atoms with Crippen molar-refractivity contribution in [2.24, 2.45) is 0 Å². The third-order valence-corrected chi connectivity index (χ3v) is 4.45. The Kier molecular flexibility index (Phi) is 6.05. The average molecular weight is 333 g/mol. The highest BCUT2D eigenvalue weighted by Gasteiger charge is 2.12. The summed E-state index contributed by atoms with van der Waals surface area (Å²) in [4.78, 5) is 8.71. The highest BCUT2D eigenvalue weighted by atomic mass is 35.5. The van der Waals surface area contributed by atoms with Crippen molar-refractivity contribution in [1.82, 2.24) is 9.97 Å². The van der Waals surface area contributed by atoms with Crippen LogP contribution in [0.25, 0.3) is 0 Å². The molecule has 0 atom stereocenters. The van der Waals surface area contributed by atoms with Crippen LogP contribution in [0.3, 0.4) is 0 Å². The molecule has 0 bridgehead atoms. The molecule has 1 heterocycles. The van der Waals surface area contributed by atoms with Crippen LogP contribution in [0, 0.1) is 11.3 Å². The molecule has 1 aromatic heterocycles. The summed E-state index contributed by atoms with van der Waals surface area (Å²) >= 11 is 7.62. The highest BCUT2D eigenvalue weighted by Crippen LogP contribution is 2.26. The normalized spacial score (nSPS) is 10.4. The maximum absolute atomic E-state index is 9.20. The fourth-order valence-corrected chi connectivity index (χ4v) is 3.13. The number of anilines is 1. The van der Waals surface area contributed by atoms with Crippen molar-refractivity contribution in [3.8, 4) is 6.07 Å². The molecule has 0 fully saturated rings. The lowest BCUT2D eigenvalue weighted by atomic mass is 10.1. The Hall–Kier alpha value is -1.77. The number of nitriles is 1. The number of hydrogen-bond donors (Lipinski definition) is 1. The monoisotopic (exact) mass is 332 g/mol. The van der Waals surface area contributed by atoms with E-state index in [4.69, 9.17) is 17.3 Å². The van der Waals surface area contributed by atoms with E-state index in [1.54, 1.807) is 0 Å². The lowest BCUT2D eigenvalue weighted by Gasteiger charge is -2.08. The van der Waals surface area contributed by atoms with Crippen molar-refractivity contribution in [3.63, 3.8) is 0 Å². The molecule has 1 aromatic carbocycles. The van der Waals surface area contributed by atoms with E-state index < -0.39 is 0 Å². The molecule has 0 aliphatic carbocycles. The van der Waals surface area contributed by atoms with E-state index in [1.807, 2.05) is 24.3 Å². The van der Waals surface area contributed by atoms with Crippen LogP contribution in [-0.2, 0) is 12.2 Å². The Bertz CT molecular complexity index is 697. The largest absolute Gasteiger partial charge is 0.382 e. The first kappa shape index (κ1) is 16.6. The maximum atomic E-state index is 9.20. The lowest BCUT2D eigenvalue weighted by Crippen LogP contribution is -2.05. The van der Waals surface area contributed by atoms with Gasteiger partial charge >= 0.3 is 0 Å². The smallest absolute Gasteiger partial charge is 0.190 e. The van der Waals surface area contributed by atoms with Gasteiger partial charge in [-0.05, 0) is 24.5 Å². The van der Waals surface area contributed by atoms with E-state index in [0.717, 1.165) is 35.5 Å². The van der Waals surface area contributed by atoms with Crippen LogP contribution in [-0.4, -0.2) is 9.97 Å². The molecule has 2 aromatic rings. The van der Waals surface area contributed by atoms with Crippen LogP contribution in [0.1, 0.15) is 36.6 Å². The van der Waals surface area contributed by atoms with Gasteiger partial charge in [0.2, 0.25) is 0 Å². The molecule has 0 saturated heterocycles. The van der Waals surface area contributed by atoms with Crippen molar-refractivity contribution >= 4 is 29.2 Å². The van der Waals surface area contributed by atoms with Gasteiger partial charge in [-0.1, -0.05) is 54.9 Å². The number of nitrogens with zero attached hydrogens (tertiary/aromatic N) is 3. The van der Waals surface area contributed by atoms with Crippen LogP contribution in [0.4, 0.5) is 5.82 Å². The van der Waals surface area contributed by atoms with Crippen LogP contribution in [0.2, 0.25) is 5.02 Å². The Labute approximate surface area is 139 Å². The van der Waals surface area contributed by atoms with E-state index in [0.29, 0.717) is 16.5 Å². The van der Waals surface area contributed by atoms with Gasteiger partial charge in [0.05, 0.1) is 5.69 Å². The van der Waals surface area contributed by atoms with Gasteiger partial charge in [0, 0.05) is 10.8 Å². The Morgan fingerprint density at radius 1 is 1.32 bits per heavy atom. The average Bonchev–Trinajstić information content (AvgIpc) is 2.52. The second-order valence-electron chi connectivity index (χ2n) is 4.81. The molecule has 0 aliphatic heterocycles. The first-order chi connectivity index (χ1) is 10.7. The third-order valence-electron chi connectivity index (χ3n) is 3.18. The molecule has 2 rings (SSSR count). The maximum Gasteiger partial charge on any atom is 0.190 e. The predicted octanol–water partition coefficient (Wildman–Crippen LogP) is 4.22. The van der Waals surface area contributed by atoms with E-state index in [1.165, 1.54) is 11.8 Å². The van der Waals surface area contributed by atoms with Crippen molar-refractivity contribution in [3.05, 3.63) is 46.1 Å². The fourth-order valence-electron chi connectivity index (χ4n) is 1.97. The number of hydrogen-bond acceptors (Lipinski definition) is 5. The van der Waals surface area contributed by atoms with Crippen molar-refractivity contribution in [1.29, 1.82) is 5.26 Å². The van der Waals surface area contributed by atoms with Gasteiger partial charge in [-0.3, -0.25) is 0 Å². The minimum atomic E-state index is 0.255. The first-order valence-electron chi connectivity index (χ1n) is 7.08. The van der Waals surface area contributed by atoms with Crippen molar-refractivity contribution in [2.45, 2.75) is 37.1 Å². The molecule has 114 valence electrons. The van der Waals surface area contributed by atoms with E-state index >= 15 is 0 Å². The summed E-state index contributed by atoms with van der Waals surface area (Å²) < 4.78 is 0. The SMILES string of the molecule is CCCCc1nc(SCc2ccccc2Cl)nc(N)c1C#N. The summed E-state index contributed by atoms with van der Waals surface area (Å²) in [5.74, 6) is 0.920. The summed E-state index contributed by atoms with van der Waals surface area (Å²) in [5, 5.41) is 10.5. The molecular weight excluding hydrogens is 316 g/mol. The second kappa shape index (κ2) is 8.02. The Morgan fingerprint density at radius 3 is 2.77 bits per heavy atom. The quantitative estimate of drug-likeness (QED) is 0.633. The molecule has 0 saturated carbocycles. The molecule has 22 heavy (non-hydrogen) atoms. The van der Waals surface area contributed by atoms with Crippen molar-refractivity contribution < 1.29 is 0 Å². The molecule has 0 radical (unpaired) electrons. The highest BCUT2D eigenvalue weighted by molar-refractivity contribution is 7.98. The van der Waals surface area contributed by atoms with E-state index in [-0.39, 0.29) is 5.82 Å². The van der Waals surface area contributed by atoms with E-state index in [9.17, 15) is 5.26 Å². The minimum Gasteiger partial charge on any atom is -0.382 e. The number of rotatable bonds is 6. The minimum absolute atomic E-state index is 0.255. The fraction of sp³-hybridized carbons (Fsp3) is 0.312. The number of thioether (sulfide) groups is 1. The van der Waals surface area contributed by atoms with Gasteiger partial charge in [0.1, 0.15) is 17.5 Å². The van der Waals surface area contributed by atoms with Gasteiger partial charge in [-0.15, -0.1) is 0 Å². The molecule has 0 unspecified atom stereocenters. The van der Waals surface area contributed by atoms with E-state index in [2.05, 4.69) is 23.0 Å². The van der Waals surface area contributed by atoms with Gasteiger partial charge in [-0.2, -0.15) is 5.26 Å². The number of benzene rings is 1. The zero-order valence-corrected chi connectivity index (χ0v) is 13.9. The summed E-state index contributed by atoms with van der Waals surface area (Å²) in [6.07, 6.45) is 2.75. The van der Waals surface area contributed by atoms with Gasteiger partial charge in [0.25, 0.3) is 0 Å². The number of aromatic nitrogens is 2. The first-order valence-corrected chi connectivity index (χ1v) is 8.44. The number of nitrogens with two attached hydrogens (primary N) is 1. The predicted molar refractivity (Wildman–Crippen MR) is 90.8 cm³/mol. The van der Waals surface area contributed by atoms with Crippen LogP contribution >= 0.6 is 23.4 Å². The topological polar surface area (TPSA) is 75.6 Å². The summed E-state index contributed by atoms with van der Waals surface area (Å²) in [7, 11) is 0. The van der Waals surface area contributed by atoms with Gasteiger partial charge in [-0.25, -0.2) is 9.97 Å². The standard InChI is InChI=1S/C16H17ClN4S/c1-2-3-8-14-12(9-18)15(19)21-16(20-14)22-10-11-6-4-5-7-13(11)17/h4-7H,2-3,8,10H2,1H3,(H2,19,20,21). The Morgan fingerprint density at radius 2 is 2.09 bits per heavy atom.